The first kappa shape index (κ1) is 31.1. The molecule has 0 saturated carbocycles. The molecule has 1 amide bonds. The number of amides is 1. The number of anilines is 1. The molecule has 13 heteroatoms. The molecule has 6 nitrogen and oxygen atoms in total. The number of ether oxygens (including phenoxy) is 1. The van der Waals surface area contributed by atoms with Crippen LogP contribution in [0, 0.1) is 5.82 Å². The molecule has 2 unspecified atom stereocenters. The normalized spacial score (nSPS) is 13.4. The van der Waals surface area contributed by atoms with Gasteiger partial charge in [0.2, 0.25) is 5.91 Å². The predicted octanol–water partition coefficient (Wildman–Crippen LogP) is 1.25. The Morgan fingerprint density at radius 2 is 1.46 bits per heavy atom. The van der Waals surface area contributed by atoms with Gasteiger partial charge >= 0.3 is 5.97 Å². The van der Waals surface area contributed by atoms with Crippen LogP contribution < -0.4 is 16.0 Å². The van der Waals surface area contributed by atoms with E-state index in [9.17, 15) is 14.0 Å². The van der Waals surface area contributed by atoms with E-state index in [1.807, 2.05) is 0 Å². The fourth-order valence-electron chi connectivity index (χ4n) is 3.58. The van der Waals surface area contributed by atoms with E-state index >= 15 is 0 Å². The van der Waals surface area contributed by atoms with Gasteiger partial charge in [0, 0.05) is 25.2 Å². The minimum Gasteiger partial charge on any atom is -0.464 e. The van der Waals surface area contributed by atoms with Crippen LogP contribution in [-0.4, -0.2) is 84.4 Å². The molecule has 8 radical (unpaired) electrons. The highest BCUT2D eigenvalue weighted by Crippen LogP contribution is 2.22. The van der Waals surface area contributed by atoms with Crippen LogP contribution in [0.5, 0.6) is 0 Å². The molecule has 0 heterocycles. The third-order valence-electron chi connectivity index (χ3n) is 5.20. The molecule has 2 rings (SSSR count). The maximum absolute atomic E-state index is 13.2. The lowest BCUT2D eigenvalue weighted by atomic mass is 9.67. The van der Waals surface area contributed by atoms with Crippen LogP contribution >= 0.6 is 23.2 Å². The number of halogens is 3. The molecule has 3 N–H and O–H groups in total. The van der Waals surface area contributed by atoms with Gasteiger partial charge in [-0.2, -0.15) is 0 Å². The van der Waals surface area contributed by atoms with E-state index in [1.54, 1.807) is 36.1 Å². The number of nitrogens with zero attached hydrogens (tertiary/aromatic N) is 1. The SMILES string of the molecule is [B]C([B])(Cl)CN(CC([B])([B])Cl)c1ccc(CC(N)C(=O)NC(Cc2ccc(F)cc2)C(=O)OCC)cc1. The van der Waals surface area contributed by atoms with Gasteiger partial charge in [-0.05, 0) is 58.1 Å². The molecule has 2 atom stereocenters. The number of carbonyl (C=O) groups is 2. The summed E-state index contributed by atoms with van der Waals surface area (Å²) in [5.74, 6) is -1.55. The van der Waals surface area contributed by atoms with Crippen LogP contribution in [0.25, 0.3) is 0 Å². The molecule has 0 aromatic heterocycles. The third-order valence-corrected chi connectivity index (χ3v) is 5.44. The van der Waals surface area contributed by atoms with Crippen LogP contribution in [0.3, 0.4) is 0 Å². The van der Waals surface area contributed by atoms with Gasteiger partial charge in [-0.15, -0.1) is 23.2 Å². The summed E-state index contributed by atoms with van der Waals surface area (Å²) in [6.07, 6.45) is 0.301. The lowest BCUT2D eigenvalue weighted by Gasteiger charge is -2.35. The molecule has 0 fully saturated rings. The van der Waals surface area contributed by atoms with Crippen molar-refractivity contribution in [3.05, 3.63) is 65.5 Å². The monoisotopic (exact) mass is 537 g/mol. The Morgan fingerprint density at radius 1 is 0.973 bits per heavy atom. The molecule has 0 spiro atoms. The average Bonchev–Trinajstić information content (AvgIpc) is 2.78. The smallest absolute Gasteiger partial charge is 0.328 e. The molecule has 0 saturated heterocycles. The number of nitrogens with two attached hydrogens (primary N) is 1. The molecule has 37 heavy (non-hydrogen) atoms. The van der Waals surface area contributed by atoms with E-state index in [2.05, 4.69) is 5.32 Å². The topological polar surface area (TPSA) is 84.7 Å². The van der Waals surface area contributed by atoms with E-state index in [1.165, 1.54) is 24.3 Å². The fraction of sp³-hybridized carbons (Fsp3) is 0.417. The van der Waals surface area contributed by atoms with Crippen molar-refractivity contribution in [1.29, 1.82) is 0 Å². The number of nitrogens with one attached hydrogen (secondary N) is 1. The molecular formula is C24H26B4Cl2FN3O3. The van der Waals surface area contributed by atoms with Gasteiger partial charge in [-0.3, -0.25) is 4.79 Å². The number of benzene rings is 2. The van der Waals surface area contributed by atoms with Gasteiger partial charge in [0.05, 0.1) is 44.0 Å². The largest absolute Gasteiger partial charge is 0.464 e. The minimum absolute atomic E-state index is 0.00198. The summed E-state index contributed by atoms with van der Waals surface area (Å²) >= 11 is 11.9. The Balaban J connectivity index is 2.08. The van der Waals surface area contributed by atoms with E-state index < -0.39 is 39.1 Å². The molecular weight excluding hydrogens is 511 g/mol. The highest BCUT2D eigenvalue weighted by Gasteiger charge is 2.26. The standard InChI is InChI=1S/C24H26B4Cl2FN3O3/c1-2-37-22(36)20(12-16-3-7-17(31)8-4-16)33-21(35)19(32)11-15-5-9-18(10-6-15)34(13-23(25,26)29)14-24(27,28)30/h3-10,19-20H,2,11-14,32H2,1H3,(H,33,35). The second-order valence-electron chi connectivity index (χ2n) is 8.83. The summed E-state index contributed by atoms with van der Waals surface area (Å²) in [6.45, 7) is 1.81. The molecule has 0 aliphatic heterocycles. The first-order valence-corrected chi connectivity index (χ1v) is 12.3. The first-order valence-electron chi connectivity index (χ1n) is 11.5. The number of hydrogen-bond donors (Lipinski definition) is 2. The summed E-state index contributed by atoms with van der Waals surface area (Å²) in [7, 11) is 22.9. The van der Waals surface area contributed by atoms with Crippen molar-refractivity contribution in [3.8, 4) is 0 Å². The van der Waals surface area contributed by atoms with Crippen LogP contribution in [0.2, 0.25) is 0 Å². The predicted molar refractivity (Wildman–Crippen MR) is 149 cm³/mol. The Hall–Kier alpha value is -2.09. The van der Waals surface area contributed by atoms with E-state index in [4.69, 9.17) is 65.1 Å². The summed E-state index contributed by atoms with van der Waals surface area (Å²) in [6, 6.07) is 10.7. The van der Waals surface area contributed by atoms with Gasteiger partial charge in [0.25, 0.3) is 0 Å². The van der Waals surface area contributed by atoms with Crippen molar-refractivity contribution in [3.63, 3.8) is 0 Å². The highest BCUT2D eigenvalue weighted by molar-refractivity contribution is 6.63. The van der Waals surface area contributed by atoms with Crippen molar-refractivity contribution in [2.24, 2.45) is 5.73 Å². The van der Waals surface area contributed by atoms with Crippen LogP contribution in [0.15, 0.2) is 48.5 Å². The Morgan fingerprint density at radius 3 is 1.95 bits per heavy atom. The fourth-order valence-corrected chi connectivity index (χ4v) is 3.87. The summed E-state index contributed by atoms with van der Waals surface area (Å²) in [5, 5.41) is 2.64. The van der Waals surface area contributed by atoms with Gasteiger partial charge < -0.3 is 20.7 Å². The number of esters is 1. The summed E-state index contributed by atoms with van der Waals surface area (Å²) in [4.78, 5) is 26.9. The Labute approximate surface area is 232 Å². The van der Waals surface area contributed by atoms with Crippen LogP contribution in [0.4, 0.5) is 10.1 Å². The Kier molecular flexibility index (Phi) is 11.5. The molecule has 188 valence electrons. The first-order chi connectivity index (χ1) is 17.2. The second-order valence-corrected chi connectivity index (χ2v) is 10.2. The third kappa shape index (κ3) is 11.5. The minimum atomic E-state index is -1.55. The van der Waals surface area contributed by atoms with E-state index in [0.717, 1.165) is 5.56 Å². The zero-order valence-corrected chi connectivity index (χ0v) is 22.0. The molecule has 0 aliphatic carbocycles. The van der Waals surface area contributed by atoms with Crippen molar-refractivity contribution in [2.75, 3.05) is 24.6 Å². The lowest BCUT2D eigenvalue weighted by Crippen LogP contribution is -2.50. The summed E-state index contributed by atoms with van der Waals surface area (Å²) < 4.78 is 15.2. The highest BCUT2D eigenvalue weighted by atomic mass is 35.5. The van der Waals surface area contributed by atoms with Crippen LogP contribution in [-0.2, 0) is 27.2 Å². The maximum Gasteiger partial charge on any atom is 0.328 e. The van der Waals surface area contributed by atoms with Crippen molar-refractivity contribution in [1.82, 2.24) is 5.32 Å². The van der Waals surface area contributed by atoms with Gasteiger partial charge in [0.15, 0.2) is 0 Å². The summed E-state index contributed by atoms with van der Waals surface area (Å²) in [5.41, 5.74) is 8.16. The number of hydrogen-bond acceptors (Lipinski definition) is 5. The zero-order chi connectivity index (χ0) is 27.8. The second kappa shape index (κ2) is 13.6. The van der Waals surface area contributed by atoms with Crippen LogP contribution in [0.1, 0.15) is 18.1 Å². The maximum atomic E-state index is 13.2. The molecule has 0 aliphatic rings. The van der Waals surface area contributed by atoms with E-state index in [-0.39, 0.29) is 32.5 Å². The quantitative estimate of drug-likeness (QED) is 0.228. The molecule has 0 bridgehead atoms. The van der Waals surface area contributed by atoms with Crippen molar-refractivity contribution < 1.29 is 18.7 Å². The van der Waals surface area contributed by atoms with E-state index in [0.29, 0.717) is 11.3 Å². The van der Waals surface area contributed by atoms with Gasteiger partial charge in [-0.1, -0.05) is 24.3 Å². The number of alkyl halides is 2. The average molecular weight is 538 g/mol. The lowest BCUT2D eigenvalue weighted by molar-refractivity contribution is -0.147. The number of carbonyl (C=O) groups excluding carboxylic acids is 2. The van der Waals surface area contributed by atoms with Crippen molar-refractivity contribution in [2.45, 2.75) is 41.2 Å². The molecule has 2 aromatic carbocycles. The van der Waals surface area contributed by atoms with Gasteiger partial charge in [0.1, 0.15) is 11.9 Å². The van der Waals surface area contributed by atoms with Crippen molar-refractivity contribution >= 4 is 72.2 Å². The molecule has 2 aromatic rings. The Bertz CT molecular complexity index is 1020. The zero-order valence-electron chi connectivity index (χ0n) is 20.5. The number of rotatable bonds is 13. The van der Waals surface area contributed by atoms with Gasteiger partial charge in [-0.25, -0.2) is 9.18 Å².